The second-order valence-electron chi connectivity index (χ2n) is 5.60. The molecule has 1 heterocycles. The van der Waals surface area contributed by atoms with Crippen molar-refractivity contribution in [2.24, 2.45) is 18.2 Å². The van der Waals surface area contributed by atoms with E-state index in [0.717, 1.165) is 5.69 Å². The summed E-state index contributed by atoms with van der Waals surface area (Å²) in [6, 6.07) is 1.83. The van der Waals surface area contributed by atoms with E-state index in [1.807, 2.05) is 40.7 Å². The monoisotopic (exact) mass is 238 g/mol. The number of carbonyl (C=O) groups is 1. The average molecular weight is 238 g/mol. The van der Waals surface area contributed by atoms with Gasteiger partial charge in [-0.15, -0.1) is 0 Å². The molecule has 1 aromatic rings. The van der Waals surface area contributed by atoms with Gasteiger partial charge in [-0.25, -0.2) is 0 Å². The lowest BCUT2D eigenvalue weighted by Gasteiger charge is -2.36. The molecule has 0 aliphatic heterocycles. The summed E-state index contributed by atoms with van der Waals surface area (Å²) in [5.74, 6) is 0.581. The maximum absolute atomic E-state index is 12.2. The Morgan fingerprint density at radius 1 is 1.41 bits per heavy atom. The van der Waals surface area contributed by atoms with Gasteiger partial charge >= 0.3 is 0 Å². The molecule has 0 fully saturated rings. The third-order valence-electron chi connectivity index (χ3n) is 3.42. The van der Waals surface area contributed by atoms with Crippen LogP contribution in [0.25, 0.3) is 0 Å². The highest BCUT2D eigenvalue weighted by molar-refractivity contribution is 5.95. The second-order valence-corrected chi connectivity index (χ2v) is 5.60. The predicted molar refractivity (Wildman–Crippen MR) is 68.6 cm³/mol. The number of aromatic nitrogens is 2. The molecule has 0 radical (unpaired) electrons. The van der Waals surface area contributed by atoms with Crippen molar-refractivity contribution in [2.45, 2.75) is 40.2 Å². The number of anilines is 1. The molecule has 0 atom stereocenters. The molecule has 5 heteroatoms. The zero-order valence-electron chi connectivity index (χ0n) is 11.5. The van der Waals surface area contributed by atoms with Crippen molar-refractivity contribution in [1.29, 1.82) is 0 Å². The normalized spacial score (nSPS) is 12.6. The summed E-state index contributed by atoms with van der Waals surface area (Å²) >= 11 is 0. The van der Waals surface area contributed by atoms with Gasteiger partial charge in [-0.3, -0.25) is 9.48 Å². The van der Waals surface area contributed by atoms with Gasteiger partial charge < -0.3 is 11.1 Å². The fourth-order valence-corrected chi connectivity index (χ4v) is 1.29. The van der Waals surface area contributed by atoms with Crippen molar-refractivity contribution < 1.29 is 4.79 Å². The van der Waals surface area contributed by atoms with Crippen LogP contribution in [-0.2, 0) is 11.8 Å². The summed E-state index contributed by atoms with van der Waals surface area (Å²) in [6.45, 7) is 9.26. The molecule has 0 saturated carbocycles. The smallest absolute Gasteiger partial charge is 0.233 e. The standard InChI is InChI=1S/C12H22N4O/c1-8-7-9(16(6)15-8)14-10(17)11(2,3)12(4,5)13/h7H,13H2,1-6H3,(H,14,17). The Morgan fingerprint density at radius 2 is 1.94 bits per heavy atom. The minimum atomic E-state index is -0.662. The van der Waals surface area contributed by atoms with E-state index < -0.39 is 11.0 Å². The number of hydrogen-bond donors (Lipinski definition) is 2. The molecule has 1 aromatic heterocycles. The maximum atomic E-state index is 12.2. The van der Waals surface area contributed by atoms with Crippen molar-refractivity contribution in [3.63, 3.8) is 0 Å². The number of rotatable bonds is 3. The second kappa shape index (κ2) is 4.14. The van der Waals surface area contributed by atoms with Gasteiger partial charge in [0.2, 0.25) is 5.91 Å². The van der Waals surface area contributed by atoms with Crippen LogP contribution in [0.15, 0.2) is 6.07 Å². The molecule has 0 bridgehead atoms. The predicted octanol–water partition coefficient (Wildman–Crippen LogP) is 1.43. The van der Waals surface area contributed by atoms with Crippen LogP contribution in [0.3, 0.4) is 0 Å². The fraction of sp³-hybridized carbons (Fsp3) is 0.667. The van der Waals surface area contributed by atoms with Crippen LogP contribution >= 0.6 is 0 Å². The molecule has 0 saturated heterocycles. The van der Waals surface area contributed by atoms with Crippen LogP contribution < -0.4 is 11.1 Å². The Bertz CT molecular complexity index is 426. The lowest BCUT2D eigenvalue weighted by atomic mass is 9.74. The number of nitrogens with zero attached hydrogens (tertiary/aromatic N) is 2. The number of nitrogens with two attached hydrogens (primary N) is 1. The van der Waals surface area contributed by atoms with E-state index in [-0.39, 0.29) is 5.91 Å². The molecular formula is C12H22N4O. The van der Waals surface area contributed by atoms with Crippen LogP contribution in [0.4, 0.5) is 5.82 Å². The van der Waals surface area contributed by atoms with E-state index >= 15 is 0 Å². The molecule has 17 heavy (non-hydrogen) atoms. The summed E-state index contributed by atoms with van der Waals surface area (Å²) in [7, 11) is 1.79. The van der Waals surface area contributed by atoms with E-state index in [2.05, 4.69) is 10.4 Å². The van der Waals surface area contributed by atoms with Gasteiger partial charge in [0.25, 0.3) is 0 Å². The Morgan fingerprint density at radius 3 is 2.29 bits per heavy atom. The van der Waals surface area contributed by atoms with Crippen molar-refractivity contribution in [1.82, 2.24) is 9.78 Å². The summed E-state index contributed by atoms with van der Waals surface area (Å²) in [6.07, 6.45) is 0. The molecule has 1 rings (SSSR count). The van der Waals surface area contributed by atoms with Crippen LogP contribution in [0.1, 0.15) is 33.4 Å². The van der Waals surface area contributed by atoms with Crippen molar-refractivity contribution in [2.75, 3.05) is 5.32 Å². The van der Waals surface area contributed by atoms with Gasteiger partial charge in [-0.1, -0.05) is 0 Å². The SMILES string of the molecule is Cc1cc(NC(=O)C(C)(C)C(C)(C)N)n(C)n1. The van der Waals surface area contributed by atoms with E-state index in [1.165, 1.54) is 0 Å². The molecule has 3 N–H and O–H groups in total. The third-order valence-corrected chi connectivity index (χ3v) is 3.42. The van der Waals surface area contributed by atoms with Gasteiger partial charge in [-0.05, 0) is 34.6 Å². The van der Waals surface area contributed by atoms with Crippen LogP contribution in [-0.4, -0.2) is 21.2 Å². The molecule has 1 amide bonds. The number of nitrogens with one attached hydrogen (secondary N) is 1. The molecule has 96 valence electrons. The van der Waals surface area contributed by atoms with Crippen LogP contribution in [0.5, 0.6) is 0 Å². The lowest BCUT2D eigenvalue weighted by Crippen LogP contribution is -2.53. The minimum absolute atomic E-state index is 0.104. The fourth-order valence-electron chi connectivity index (χ4n) is 1.29. The molecule has 0 unspecified atom stereocenters. The molecule has 0 aliphatic rings. The first kappa shape index (κ1) is 13.7. The number of amides is 1. The number of hydrogen-bond acceptors (Lipinski definition) is 3. The van der Waals surface area contributed by atoms with E-state index in [4.69, 9.17) is 5.73 Å². The third kappa shape index (κ3) is 2.66. The zero-order valence-corrected chi connectivity index (χ0v) is 11.5. The molecule has 0 aliphatic carbocycles. The zero-order chi connectivity index (χ0) is 13.4. The van der Waals surface area contributed by atoms with Gasteiger partial charge in [0.15, 0.2) is 0 Å². The van der Waals surface area contributed by atoms with Gasteiger partial charge in [-0.2, -0.15) is 5.10 Å². The van der Waals surface area contributed by atoms with Gasteiger partial charge in [0, 0.05) is 18.7 Å². The molecule has 0 aromatic carbocycles. The Kier molecular flexibility index (Phi) is 3.34. The Hall–Kier alpha value is -1.36. The Balaban J connectivity index is 2.90. The van der Waals surface area contributed by atoms with E-state index in [9.17, 15) is 4.79 Å². The molecule has 5 nitrogen and oxygen atoms in total. The summed E-state index contributed by atoms with van der Waals surface area (Å²) in [5, 5.41) is 7.04. The van der Waals surface area contributed by atoms with Crippen LogP contribution in [0.2, 0.25) is 0 Å². The lowest BCUT2D eigenvalue weighted by molar-refractivity contribution is -0.126. The molecular weight excluding hydrogens is 216 g/mol. The summed E-state index contributed by atoms with van der Waals surface area (Å²) in [5.41, 5.74) is 5.64. The quantitative estimate of drug-likeness (QED) is 0.836. The highest BCUT2D eigenvalue weighted by atomic mass is 16.2. The van der Waals surface area contributed by atoms with Crippen molar-refractivity contribution in [3.8, 4) is 0 Å². The van der Waals surface area contributed by atoms with E-state index in [1.54, 1.807) is 11.7 Å². The molecule has 0 spiro atoms. The van der Waals surface area contributed by atoms with Crippen LogP contribution in [0, 0.1) is 12.3 Å². The first-order valence-corrected chi connectivity index (χ1v) is 5.66. The first-order valence-electron chi connectivity index (χ1n) is 5.66. The van der Waals surface area contributed by atoms with Crippen molar-refractivity contribution >= 4 is 11.7 Å². The maximum Gasteiger partial charge on any atom is 0.233 e. The highest BCUT2D eigenvalue weighted by Gasteiger charge is 2.40. The minimum Gasteiger partial charge on any atom is -0.325 e. The number of carbonyl (C=O) groups excluding carboxylic acids is 1. The topological polar surface area (TPSA) is 72.9 Å². The van der Waals surface area contributed by atoms with Gasteiger partial charge in [0.1, 0.15) is 5.82 Å². The average Bonchev–Trinajstić information content (AvgIpc) is 2.43. The Labute approximate surface area is 102 Å². The number of aryl methyl sites for hydroxylation is 2. The summed E-state index contributed by atoms with van der Waals surface area (Å²) < 4.78 is 1.65. The first-order chi connectivity index (χ1) is 7.55. The summed E-state index contributed by atoms with van der Waals surface area (Å²) in [4.78, 5) is 12.2. The highest BCUT2D eigenvalue weighted by Crippen LogP contribution is 2.29. The van der Waals surface area contributed by atoms with Gasteiger partial charge in [0.05, 0.1) is 11.1 Å². The van der Waals surface area contributed by atoms with Crippen molar-refractivity contribution in [3.05, 3.63) is 11.8 Å². The van der Waals surface area contributed by atoms with E-state index in [0.29, 0.717) is 5.82 Å². The largest absolute Gasteiger partial charge is 0.325 e.